The maximum absolute atomic E-state index is 12.2. The van der Waals surface area contributed by atoms with Gasteiger partial charge >= 0.3 is 0 Å². The Balaban J connectivity index is 1.65. The summed E-state index contributed by atoms with van der Waals surface area (Å²) < 4.78 is 23.3. The van der Waals surface area contributed by atoms with E-state index in [1.54, 1.807) is 0 Å². The lowest BCUT2D eigenvalue weighted by Crippen LogP contribution is -2.14. The standard InChI is InChI=1S/C18H18ClNO3S2/c1-25(22,23)15-7-8-16(19)17(10-15)20-18(21)11-24-14-6-5-12-3-2-4-13(12)9-14/h5-10H,2-4,11H2,1H3,(H,20,21). The van der Waals surface area contributed by atoms with Gasteiger partial charge in [0.15, 0.2) is 9.84 Å². The molecular weight excluding hydrogens is 378 g/mol. The lowest BCUT2D eigenvalue weighted by molar-refractivity contribution is -0.113. The Hall–Kier alpha value is -1.50. The maximum atomic E-state index is 12.2. The summed E-state index contributed by atoms with van der Waals surface area (Å²) in [6.45, 7) is 0. The molecule has 1 N–H and O–H groups in total. The molecule has 0 saturated heterocycles. The molecular formula is C18H18ClNO3S2. The fraction of sp³-hybridized carbons (Fsp3) is 0.278. The minimum atomic E-state index is -3.35. The van der Waals surface area contributed by atoms with Crippen LogP contribution >= 0.6 is 23.4 Å². The van der Waals surface area contributed by atoms with E-state index in [9.17, 15) is 13.2 Å². The van der Waals surface area contributed by atoms with Crippen molar-refractivity contribution in [3.63, 3.8) is 0 Å². The predicted octanol–water partition coefficient (Wildman–Crippen LogP) is 3.96. The number of hydrogen-bond donors (Lipinski definition) is 1. The van der Waals surface area contributed by atoms with Crippen molar-refractivity contribution in [3.05, 3.63) is 52.5 Å². The van der Waals surface area contributed by atoms with Gasteiger partial charge < -0.3 is 5.32 Å². The van der Waals surface area contributed by atoms with Crippen molar-refractivity contribution in [2.45, 2.75) is 29.1 Å². The number of carbonyl (C=O) groups excluding carboxylic acids is 1. The third-order valence-electron chi connectivity index (χ3n) is 4.08. The molecule has 1 aliphatic rings. The highest BCUT2D eigenvalue weighted by Gasteiger charge is 2.14. The molecule has 0 atom stereocenters. The molecule has 1 amide bonds. The van der Waals surface area contributed by atoms with E-state index in [1.165, 1.54) is 47.5 Å². The first kappa shape index (κ1) is 18.3. The Labute approximate surface area is 156 Å². The molecule has 3 rings (SSSR count). The molecule has 4 nitrogen and oxygen atoms in total. The van der Waals surface area contributed by atoms with E-state index in [0.717, 1.165) is 24.0 Å². The van der Waals surface area contributed by atoms with E-state index in [0.29, 0.717) is 10.7 Å². The molecule has 2 aromatic rings. The molecule has 7 heteroatoms. The van der Waals surface area contributed by atoms with Crippen LogP contribution in [0, 0.1) is 0 Å². The summed E-state index contributed by atoms with van der Waals surface area (Å²) in [6, 6.07) is 10.6. The summed E-state index contributed by atoms with van der Waals surface area (Å²) in [5.74, 6) is 0.0103. The Morgan fingerprint density at radius 2 is 1.92 bits per heavy atom. The first-order chi connectivity index (χ1) is 11.8. The smallest absolute Gasteiger partial charge is 0.234 e. The number of fused-ring (bicyclic) bond motifs is 1. The van der Waals surface area contributed by atoms with E-state index in [-0.39, 0.29) is 16.6 Å². The van der Waals surface area contributed by atoms with Gasteiger partial charge in [-0.2, -0.15) is 0 Å². The molecule has 0 radical (unpaired) electrons. The van der Waals surface area contributed by atoms with Crippen LogP contribution in [-0.4, -0.2) is 26.3 Å². The quantitative estimate of drug-likeness (QED) is 0.778. The normalized spacial score (nSPS) is 13.5. The molecule has 0 unspecified atom stereocenters. The van der Waals surface area contributed by atoms with Crippen molar-refractivity contribution in [3.8, 4) is 0 Å². The second-order valence-electron chi connectivity index (χ2n) is 6.03. The highest BCUT2D eigenvalue weighted by molar-refractivity contribution is 8.00. The lowest BCUT2D eigenvalue weighted by Gasteiger charge is -2.09. The van der Waals surface area contributed by atoms with Gasteiger partial charge in [-0.15, -0.1) is 11.8 Å². The number of carbonyl (C=O) groups is 1. The fourth-order valence-corrected chi connectivity index (χ4v) is 4.38. The van der Waals surface area contributed by atoms with Gasteiger partial charge in [-0.05, 0) is 60.7 Å². The summed E-state index contributed by atoms with van der Waals surface area (Å²) in [6.07, 6.45) is 4.55. The number of thioether (sulfide) groups is 1. The van der Waals surface area contributed by atoms with Crippen molar-refractivity contribution >= 4 is 44.8 Å². The average molecular weight is 396 g/mol. The molecule has 0 saturated carbocycles. The highest BCUT2D eigenvalue weighted by atomic mass is 35.5. The third-order valence-corrected chi connectivity index (χ3v) is 6.51. The van der Waals surface area contributed by atoms with E-state index in [4.69, 9.17) is 11.6 Å². The average Bonchev–Trinajstić information content (AvgIpc) is 3.01. The van der Waals surface area contributed by atoms with Gasteiger partial charge in [-0.25, -0.2) is 8.42 Å². The number of amides is 1. The third kappa shape index (κ3) is 4.57. The zero-order chi connectivity index (χ0) is 18.0. The predicted molar refractivity (Wildman–Crippen MR) is 102 cm³/mol. The number of hydrogen-bond acceptors (Lipinski definition) is 4. The Kier molecular flexibility index (Phi) is 5.41. The molecule has 1 aliphatic carbocycles. The van der Waals surface area contributed by atoms with Crippen LogP contribution < -0.4 is 5.32 Å². The number of halogens is 1. The topological polar surface area (TPSA) is 63.2 Å². The largest absolute Gasteiger partial charge is 0.324 e. The molecule has 0 heterocycles. The van der Waals surface area contributed by atoms with Crippen molar-refractivity contribution < 1.29 is 13.2 Å². The molecule has 0 spiro atoms. The maximum Gasteiger partial charge on any atom is 0.234 e. The second kappa shape index (κ2) is 7.40. The van der Waals surface area contributed by atoms with Crippen LogP contribution in [0.15, 0.2) is 46.2 Å². The number of sulfone groups is 1. The van der Waals surface area contributed by atoms with Gasteiger partial charge in [-0.1, -0.05) is 17.7 Å². The summed E-state index contributed by atoms with van der Waals surface area (Å²) in [7, 11) is -3.35. The summed E-state index contributed by atoms with van der Waals surface area (Å²) >= 11 is 7.51. The Bertz CT molecular complexity index is 926. The van der Waals surface area contributed by atoms with Crippen molar-refractivity contribution in [2.24, 2.45) is 0 Å². The first-order valence-corrected chi connectivity index (χ1v) is 11.1. The zero-order valence-electron chi connectivity index (χ0n) is 13.7. The number of nitrogens with one attached hydrogen (secondary N) is 1. The van der Waals surface area contributed by atoms with E-state index in [1.807, 2.05) is 6.07 Å². The summed E-state index contributed by atoms with van der Waals surface area (Å²) in [5.41, 5.74) is 3.08. The van der Waals surface area contributed by atoms with Gasteiger partial charge in [0, 0.05) is 11.2 Å². The number of benzene rings is 2. The molecule has 0 aliphatic heterocycles. The monoisotopic (exact) mass is 395 g/mol. The molecule has 0 bridgehead atoms. The van der Waals surface area contributed by atoms with Crippen LogP contribution in [-0.2, 0) is 27.5 Å². The second-order valence-corrected chi connectivity index (χ2v) is 9.51. The summed E-state index contributed by atoms with van der Waals surface area (Å²) in [5, 5.41) is 3.00. The van der Waals surface area contributed by atoms with Gasteiger partial charge in [0.05, 0.1) is 21.4 Å². The minimum Gasteiger partial charge on any atom is -0.324 e. The van der Waals surface area contributed by atoms with Crippen LogP contribution in [0.4, 0.5) is 5.69 Å². The van der Waals surface area contributed by atoms with Crippen LogP contribution in [0.2, 0.25) is 5.02 Å². The SMILES string of the molecule is CS(=O)(=O)c1ccc(Cl)c(NC(=O)CSc2ccc3c(c2)CCC3)c1. The highest BCUT2D eigenvalue weighted by Crippen LogP contribution is 2.28. The molecule has 132 valence electrons. The van der Waals surface area contributed by atoms with Crippen LogP contribution in [0.3, 0.4) is 0 Å². The van der Waals surface area contributed by atoms with Crippen molar-refractivity contribution in [2.75, 3.05) is 17.3 Å². The van der Waals surface area contributed by atoms with Gasteiger partial charge in [0.1, 0.15) is 0 Å². The Morgan fingerprint density at radius 1 is 1.16 bits per heavy atom. The van der Waals surface area contributed by atoms with Crippen LogP contribution in [0.1, 0.15) is 17.5 Å². The van der Waals surface area contributed by atoms with Gasteiger partial charge in [0.25, 0.3) is 0 Å². The lowest BCUT2D eigenvalue weighted by atomic mass is 10.1. The van der Waals surface area contributed by atoms with Gasteiger partial charge in [-0.3, -0.25) is 4.79 Å². The van der Waals surface area contributed by atoms with Crippen LogP contribution in [0.5, 0.6) is 0 Å². The van der Waals surface area contributed by atoms with Crippen LogP contribution in [0.25, 0.3) is 0 Å². The number of aryl methyl sites for hydroxylation is 2. The van der Waals surface area contributed by atoms with Crippen molar-refractivity contribution in [1.29, 1.82) is 0 Å². The Morgan fingerprint density at radius 3 is 2.68 bits per heavy atom. The molecule has 0 fully saturated rings. The molecule has 0 aromatic heterocycles. The minimum absolute atomic E-state index is 0.124. The molecule has 25 heavy (non-hydrogen) atoms. The first-order valence-electron chi connectivity index (χ1n) is 7.87. The molecule has 2 aromatic carbocycles. The zero-order valence-corrected chi connectivity index (χ0v) is 16.1. The summed E-state index contributed by atoms with van der Waals surface area (Å²) in [4.78, 5) is 13.4. The van der Waals surface area contributed by atoms with Crippen molar-refractivity contribution in [1.82, 2.24) is 0 Å². The number of anilines is 1. The van der Waals surface area contributed by atoms with Gasteiger partial charge in [0.2, 0.25) is 5.91 Å². The fourth-order valence-electron chi connectivity index (χ4n) is 2.80. The number of rotatable bonds is 5. The van der Waals surface area contributed by atoms with E-state index < -0.39 is 9.84 Å². The van der Waals surface area contributed by atoms with E-state index in [2.05, 4.69) is 17.4 Å². The van der Waals surface area contributed by atoms with E-state index >= 15 is 0 Å².